The Morgan fingerprint density at radius 2 is 1.75 bits per heavy atom. The smallest absolute Gasteiger partial charge is 0.337 e. The highest BCUT2D eigenvalue weighted by atomic mass is 35.5. The van der Waals surface area contributed by atoms with Crippen molar-refractivity contribution in [2.75, 3.05) is 5.75 Å². The molecule has 1 amide bonds. The monoisotopic (exact) mass is 658 g/mol. The third-order valence-corrected chi connectivity index (χ3v) is 11.6. The molecule has 44 heavy (non-hydrogen) atoms. The van der Waals surface area contributed by atoms with E-state index >= 15 is 0 Å². The van der Waals surface area contributed by atoms with Crippen molar-refractivity contribution in [2.45, 2.75) is 75.5 Å². The predicted octanol–water partition coefficient (Wildman–Crippen LogP) is 6.72. The lowest BCUT2D eigenvalue weighted by atomic mass is 9.85. The highest BCUT2D eigenvalue weighted by molar-refractivity contribution is 7.92. The lowest BCUT2D eigenvalue weighted by Crippen LogP contribution is -2.62. The van der Waals surface area contributed by atoms with E-state index in [-0.39, 0.29) is 29.6 Å². The summed E-state index contributed by atoms with van der Waals surface area (Å²) in [6, 6.07) is 16.1. The molecule has 3 aromatic rings. The van der Waals surface area contributed by atoms with Crippen molar-refractivity contribution in [2.24, 2.45) is 5.92 Å². The lowest BCUT2D eigenvalue weighted by Gasteiger charge is -2.52. The zero-order valence-electron chi connectivity index (χ0n) is 25.0. The van der Waals surface area contributed by atoms with E-state index < -0.39 is 44.3 Å². The molecule has 0 spiro atoms. The molecule has 5 rings (SSSR count). The molecular weight excluding hydrogens is 623 g/mol. The average Bonchev–Trinajstić information content (AvgIpc) is 3.79. The zero-order valence-corrected chi connectivity index (χ0v) is 27.4. The molecule has 1 N–H and O–H groups in total. The van der Waals surface area contributed by atoms with Crippen LogP contribution in [-0.4, -0.2) is 57.4 Å². The quantitative estimate of drug-likeness (QED) is 0.271. The summed E-state index contributed by atoms with van der Waals surface area (Å²) in [4.78, 5) is 32.3. The van der Waals surface area contributed by atoms with Crippen molar-refractivity contribution in [3.8, 4) is 0 Å². The molecule has 4 atom stereocenters. The Morgan fingerprint density at radius 3 is 2.30 bits per heavy atom. The highest BCUT2D eigenvalue weighted by Gasteiger charge is 2.56. The molecule has 1 aliphatic carbocycles. The predicted molar refractivity (Wildman–Crippen MR) is 170 cm³/mol. The number of pyridine rings is 1. The van der Waals surface area contributed by atoms with Gasteiger partial charge in [0.05, 0.1) is 22.1 Å². The molecule has 2 aromatic carbocycles. The fourth-order valence-electron chi connectivity index (χ4n) is 5.74. The van der Waals surface area contributed by atoms with Gasteiger partial charge >= 0.3 is 5.97 Å². The van der Waals surface area contributed by atoms with E-state index in [1.165, 1.54) is 12.3 Å². The topological polar surface area (TPSA) is 114 Å². The summed E-state index contributed by atoms with van der Waals surface area (Å²) in [5.74, 6) is -1.66. The fourth-order valence-corrected chi connectivity index (χ4v) is 7.45. The average molecular weight is 660 g/mol. The van der Waals surface area contributed by atoms with E-state index in [0.29, 0.717) is 15.7 Å². The van der Waals surface area contributed by atoms with Crippen LogP contribution in [0.25, 0.3) is 0 Å². The highest BCUT2D eigenvalue weighted by Crippen LogP contribution is 2.50. The van der Waals surface area contributed by atoms with Crippen molar-refractivity contribution >= 4 is 44.9 Å². The summed E-state index contributed by atoms with van der Waals surface area (Å²) >= 11 is 12.7. The van der Waals surface area contributed by atoms with Crippen molar-refractivity contribution in [1.29, 1.82) is 0 Å². The molecule has 1 aliphatic heterocycles. The number of ether oxygens (including phenoxy) is 1. The van der Waals surface area contributed by atoms with Crippen LogP contribution in [0.5, 0.6) is 0 Å². The number of carboxylic acid groups (broad SMARTS) is 1. The molecule has 2 aliphatic rings. The second kappa shape index (κ2) is 12.1. The van der Waals surface area contributed by atoms with Gasteiger partial charge in [0.2, 0.25) is 0 Å². The summed E-state index contributed by atoms with van der Waals surface area (Å²) in [5, 5.41) is 10.4. The standard InChI is InChI=1S/C33H36Cl2N2O6S/c1-32(2,3)44(41,42)19-27(20-8-9-20)37-28(21-10-13-24(34)14-11-21)29(22-6-5-7-25(35)16-22)43-33(4,31(37)40)17-26-15-12-23(18-36-26)30(38)39/h5-7,10-16,18,20,27-29H,8-9,17,19H2,1-4H3,(H,38,39)/t27-,28?,29-,33-/m1/s1. The molecule has 1 saturated carbocycles. The molecule has 1 aromatic heterocycles. The zero-order chi connectivity index (χ0) is 32.0. The van der Waals surface area contributed by atoms with Crippen LogP contribution in [0.1, 0.15) is 79.9 Å². The van der Waals surface area contributed by atoms with Crippen LogP contribution in [-0.2, 0) is 25.8 Å². The molecule has 1 unspecified atom stereocenters. The Labute approximate surface area is 268 Å². The number of aromatic nitrogens is 1. The van der Waals surface area contributed by atoms with E-state index in [2.05, 4.69) is 4.98 Å². The number of sulfone groups is 1. The normalized spacial score (nSPS) is 23.4. The van der Waals surface area contributed by atoms with Gasteiger partial charge in [0.1, 0.15) is 6.10 Å². The van der Waals surface area contributed by atoms with Crippen molar-refractivity contribution < 1.29 is 27.9 Å². The third-order valence-electron chi connectivity index (χ3n) is 8.49. The first-order valence-corrected chi connectivity index (χ1v) is 16.9. The Kier molecular flexibility index (Phi) is 8.90. The van der Waals surface area contributed by atoms with Gasteiger partial charge in [0.25, 0.3) is 5.91 Å². The third kappa shape index (κ3) is 6.66. The Hall–Kier alpha value is -2.98. The number of hydrogen-bond donors (Lipinski definition) is 1. The van der Waals surface area contributed by atoms with Crippen LogP contribution in [0.2, 0.25) is 10.0 Å². The van der Waals surface area contributed by atoms with Crippen molar-refractivity contribution in [3.63, 3.8) is 0 Å². The summed E-state index contributed by atoms with van der Waals surface area (Å²) in [5.41, 5.74) is 0.496. The van der Waals surface area contributed by atoms with E-state index in [4.69, 9.17) is 27.9 Å². The number of carboxylic acids is 1. The first kappa shape index (κ1) is 32.4. The van der Waals surface area contributed by atoms with Crippen LogP contribution in [0, 0.1) is 5.92 Å². The van der Waals surface area contributed by atoms with Crippen LogP contribution in [0.15, 0.2) is 66.9 Å². The Bertz CT molecular complexity index is 1650. The molecule has 11 heteroatoms. The fraction of sp³-hybridized carbons (Fsp3) is 0.424. The van der Waals surface area contributed by atoms with Crippen LogP contribution in [0.4, 0.5) is 0 Å². The summed E-state index contributed by atoms with van der Waals surface area (Å²) in [7, 11) is -3.63. The van der Waals surface area contributed by atoms with Gasteiger partial charge in [-0.2, -0.15) is 0 Å². The van der Waals surface area contributed by atoms with Gasteiger partial charge in [-0.25, -0.2) is 13.2 Å². The summed E-state index contributed by atoms with van der Waals surface area (Å²) < 4.78 is 33.2. The maximum absolute atomic E-state index is 14.9. The second-order valence-electron chi connectivity index (χ2n) is 12.9. The number of halogens is 2. The molecular formula is C33H36Cl2N2O6S. The van der Waals surface area contributed by atoms with Gasteiger partial charge in [-0.05, 0) is 94.0 Å². The van der Waals surface area contributed by atoms with E-state index in [1.54, 1.807) is 62.9 Å². The van der Waals surface area contributed by atoms with Crippen LogP contribution >= 0.6 is 23.2 Å². The number of rotatable bonds is 9. The van der Waals surface area contributed by atoms with Gasteiger partial charge < -0.3 is 14.7 Å². The molecule has 8 nitrogen and oxygen atoms in total. The number of nitrogens with zero attached hydrogens (tertiary/aromatic N) is 2. The molecule has 2 fully saturated rings. The Balaban J connectivity index is 1.68. The molecule has 2 heterocycles. The number of aromatic carboxylic acids is 1. The number of carbonyl (C=O) groups excluding carboxylic acids is 1. The number of benzene rings is 2. The van der Waals surface area contributed by atoms with Gasteiger partial charge in [-0.3, -0.25) is 9.78 Å². The van der Waals surface area contributed by atoms with Gasteiger partial charge in [0, 0.05) is 34.4 Å². The molecule has 0 radical (unpaired) electrons. The van der Waals surface area contributed by atoms with Crippen LogP contribution < -0.4 is 0 Å². The molecule has 1 saturated heterocycles. The number of carbonyl (C=O) groups is 2. The maximum Gasteiger partial charge on any atom is 0.337 e. The lowest BCUT2D eigenvalue weighted by molar-refractivity contribution is -0.202. The number of amides is 1. The first-order chi connectivity index (χ1) is 20.6. The van der Waals surface area contributed by atoms with Gasteiger partial charge in [-0.15, -0.1) is 0 Å². The number of morpholine rings is 1. The maximum atomic E-state index is 14.9. The second-order valence-corrected chi connectivity index (χ2v) is 16.5. The largest absolute Gasteiger partial charge is 0.478 e. The molecule has 234 valence electrons. The van der Waals surface area contributed by atoms with Gasteiger partial charge in [0.15, 0.2) is 15.4 Å². The molecule has 0 bridgehead atoms. The van der Waals surface area contributed by atoms with Crippen molar-refractivity contribution in [1.82, 2.24) is 9.88 Å². The van der Waals surface area contributed by atoms with E-state index in [0.717, 1.165) is 24.0 Å². The number of hydrogen-bond acceptors (Lipinski definition) is 6. The summed E-state index contributed by atoms with van der Waals surface area (Å²) in [6.45, 7) is 6.72. The van der Waals surface area contributed by atoms with Crippen LogP contribution in [0.3, 0.4) is 0 Å². The van der Waals surface area contributed by atoms with Gasteiger partial charge in [-0.1, -0.05) is 47.5 Å². The minimum absolute atomic E-state index is 0.00112. The van der Waals surface area contributed by atoms with E-state index in [1.807, 2.05) is 24.3 Å². The summed E-state index contributed by atoms with van der Waals surface area (Å²) in [6.07, 6.45) is 2.17. The first-order valence-electron chi connectivity index (χ1n) is 14.5. The minimum atomic E-state index is -3.63. The SMILES string of the molecule is CC(C)(C)S(=O)(=O)C[C@H](C1CC1)N1C(=O)[C@@](C)(Cc2ccc(C(=O)O)cn2)O[C@H](c2cccc(Cl)c2)C1c1ccc(Cl)cc1. The van der Waals surface area contributed by atoms with E-state index in [9.17, 15) is 23.1 Å². The Morgan fingerprint density at radius 1 is 1.07 bits per heavy atom. The van der Waals surface area contributed by atoms with Crippen molar-refractivity contribution in [3.05, 3.63) is 99.3 Å². The minimum Gasteiger partial charge on any atom is -0.478 e.